The maximum atomic E-state index is 12.7. The average Bonchev–Trinajstić information content (AvgIpc) is 2.65. The van der Waals surface area contributed by atoms with Crippen LogP contribution in [0.25, 0.3) is 0 Å². The van der Waals surface area contributed by atoms with Gasteiger partial charge >= 0.3 is 6.18 Å². The molecule has 0 aliphatic carbocycles. The van der Waals surface area contributed by atoms with Gasteiger partial charge in [0.15, 0.2) is 0 Å². The van der Waals surface area contributed by atoms with E-state index in [1.165, 1.54) is 12.1 Å². The number of hydrogen-bond acceptors (Lipinski definition) is 4. The SMILES string of the molecule is Cc1cccc(NC(=O)c2ccccc2NC(=O)CN(CCCO)CC(F)(F)F)c1. The molecule has 0 fully saturated rings. The van der Waals surface area contributed by atoms with E-state index in [4.69, 9.17) is 5.11 Å². The monoisotopic (exact) mass is 423 g/mol. The van der Waals surface area contributed by atoms with Crippen LogP contribution in [-0.4, -0.2) is 54.2 Å². The number of nitrogens with zero attached hydrogens (tertiary/aromatic N) is 1. The molecule has 0 saturated carbocycles. The van der Waals surface area contributed by atoms with Crippen LogP contribution in [0.3, 0.4) is 0 Å². The average molecular weight is 423 g/mol. The summed E-state index contributed by atoms with van der Waals surface area (Å²) in [7, 11) is 0. The number of benzene rings is 2. The van der Waals surface area contributed by atoms with Crippen molar-refractivity contribution in [3.63, 3.8) is 0 Å². The second kappa shape index (κ2) is 10.7. The van der Waals surface area contributed by atoms with Crippen molar-refractivity contribution in [3.05, 3.63) is 59.7 Å². The third-order valence-corrected chi connectivity index (χ3v) is 4.12. The number of carbonyl (C=O) groups is 2. The Balaban J connectivity index is 2.08. The Labute approximate surface area is 172 Å². The van der Waals surface area contributed by atoms with Gasteiger partial charge in [0, 0.05) is 18.8 Å². The number of nitrogens with one attached hydrogen (secondary N) is 2. The Bertz CT molecular complexity index is 872. The van der Waals surface area contributed by atoms with Gasteiger partial charge in [0.25, 0.3) is 5.91 Å². The minimum absolute atomic E-state index is 0.0844. The topological polar surface area (TPSA) is 81.7 Å². The molecule has 30 heavy (non-hydrogen) atoms. The highest BCUT2D eigenvalue weighted by atomic mass is 19.4. The maximum Gasteiger partial charge on any atom is 0.401 e. The maximum absolute atomic E-state index is 12.7. The number of alkyl halides is 3. The third-order valence-electron chi connectivity index (χ3n) is 4.12. The van der Waals surface area contributed by atoms with Crippen LogP contribution in [0.5, 0.6) is 0 Å². The van der Waals surface area contributed by atoms with Crippen molar-refractivity contribution in [2.45, 2.75) is 19.5 Å². The number of aryl methyl sites for hydroxylation is 1. The standard InChI is InChI=1S/C21H24F3N3O3/c1-15-6-4-7-16(12-15)25-20(30)17-8-2-3-9-18(17)26-19(29)13-27(10-5-11-28)14-21(22,23)24/h2-4,6-9,12,28H,5,10-11,13-14H2,1H3,(H,25,30)(H,26,29). The van der Waals surface area contributed by atoms with E-state index in [1.54, 1.807) is 30.3 Å². The zero-order valence-electron chi connectivity index (χ0n) is 16.5. The molecule has 0 saturated heterocycles. The largest absolute Gasteiger partial charge is 0.401 e. The highest BCUT2D eigenvalue weighted by Gasteiger charge is 2.31. The number of rotatable bonds is 9. The zero-order chi connectivity index (χ0) is 22.1. The molecule has 0 unspecified atom stereocenters. The summed E-state index contributed by atoms with van der Waals surface area (Å²) in [4.78, 5) is 25.9. The first kappa shape index (κ1) is 23.4. The first-order valence-electron chi connectivity index (χ1n) is 9.35. The van der Waals surface area contributed by atoms with E-state index in [1.807, 2.05) is 13.0 Å². The minimum Gasteiger partial charge on any atom is -0.396 e. The predicted octanol–water partition coefficient (Wildman–Crippen LogP) is 3.43. The molecule has 0 aliphatic heterocycles. The smallest absolute Gasteiger partial charge is 0.396 e. The molecule has 2 aromatic rings. The van der Waals surface area contributed by atoms with Crippen LogP contribution in [0.2, 0.25) is 0 Å². The highest BCUT2D eigenvalue weighted by Crippen LogP contribution is 2.19. The summed E-state index contributed by atoms with van der Waals surface area (Å²) in [5.74, 6) is -1.14. The summed E-state index contributed by atoms with van der Waals surface area (Å²) in [6, 6.07) is 13.4. The summed E-state index contributed by atoms with van der Waals surface area (Å²) in [5.41, 5.74) is 1.93. The molecule has 162 valence electrons. The number of aliphatic hydroxyl groups is 1. The Morgan fingerprint density at radius 3 is 2.47 bits per heavy atom. The molecule has 2 rings (SSSR count). The molecular formula is C21H24F3N3O3. The second-order valence-electron chi connectivity index (χ2n) is 6.82. The van der Waals surface area contributed by atoms with Gasteiger partial charge < -0.3 is 15.7 Å². The first-order valence-corrected chi connectivity index (χ1v) is 9.35. The Morgan fingerprint density at radius 2 is 1.80 bits per heavy atom. The van der Waals surface area contributed by atoms with Gasteiger partial charge in [-0.05, 0) is 43.2 Å². The van der Waals surface area contributed by atoms with Gasteiger partial charge in [0.1, 0.15) is 0 Å². The van der Waals surface area contributed by atoms with Gasteiger partial charge in [-0.15, -0.1) is 0 Å². The van der Waals surface area contributed by atoms with E-state index in [2.05, 4.69) is 10.6 Å². The lowest BCUT2D eigenvalue weighted by Crippen LogP contribution is -2.40. The van der Waals surface area contributed by atoms with Crippen molar-refractivity contribution in [1.82, 2.24) is 4.90 Å². The highest BCUT2D eigenvalue weighted by molar-refractivity contribution is 6.10. The van der Waals surface area contributed by atoms with E-state index >= 15 is 0 Å². The lowest BCUT2D eigenvalue weighted by Gasteiger charge is -2.23. The fourth-order valence-electron chi connectivity index (χ4n) is 2.87. The van der Waals surface area contributed by atoms with Crippen LogP contribution in [-0.2, 0) is 4.79 Å². The normalized spacial score (nSPS) is 11.4. The molecule has 0 atom stereocenters. The van der Waals surface area contributed by atoms with E-state index in [0.29, 0.717) is 5.69 Å². The zero-order valence-corrected chi connectivity index (χ0v) is 16.5. The van der Waals surface area contributed by atoms with E-state index in [0.717, 1.165) is 10.5 Å². The summed E-state index contributed by atoms with van der Waals surface area (Å²) < 4.78 is 38.2. The number of carbonyl (C=O) groups excluding carboxylic acids is 2. The van der Waals surface area contributed by atoms with Crippen LogP contribution >= 0.6 is 0 Å². The van der Waals surface area contributed by atoms with E-state index in [-0.39, 0.29) is 30.8 Å². The number of anilines is 2. The number of para-hydroxylation sites is 1. The second-order valence-corrected chi connectivity index (χ2v) is 6.82. The molecule has 0 radical (unpaired) electrons. The van der Waals surface area contributed by atoms with Crippen LogP contribution in [0.1, 0.15) is 22.3 Å². The van der Waals surface area contributed by atoms with Gasteiger partial charge in [-0.3, -0.25) is 14.5 Å². The van der Waals surface area contributed by atoms with Crippen molar-refractivity contribution in [2.24, 2.45) is 0 Å². The number of aliphatic hydroxyl groups excluding tert-OH is 1. The Morgan fingerprint density at radius 1 is 1.07 bits per heavy atom. The molecule has 0 heterocycles. The first-order chi connectivity index (χ1) is 14.2. The molecule has 3 N–H and O–H groups in total. The molecule has 2 amide bonds. The number of halogens is 3. The van der Waals surface area contributed by atoms with Crippen LogP contribution in [0, 0.1) is 6.92 Å². The minimum atomic E-state index is -4.47. The fraction of sp³-hybridized carbons (Fsp3) is 0.333. The van der Waals surface area contributed by atoms with Gasteiger partial charge in [0.2, 0.25) is 5.91 Å². The van der Waals surface area contributed by atoms with Crippen molar-refractivity contribution >= 4 is 23.2 Å². The molecular weight excluding hydrogens is 399 g/mol. The Kier molecular flexibility index (Phi) is 8.37. The molecule has 9 heteroatoms. The van der Waals surface area contributed by atoms with Crippen molar-refractivity contribution in [3.8, 4) is 0 Å². The van der Waals surface area contributed by atoms with E-state index < -0.39 is 31.1 Å². The van der Waals surface area contributed by atoms with Crippen molar-refractivity contribution < 1.29 is 27.9 Å². The molecule has 0 aromatic heterocycles. The molecule has 0 bridgehead atoms. The molecule has 2 aromatic carbocycles. The summed E-state index contributed by atoms with van der Waals surface area (Å²) >= 11 is 0. The number of amides is 2. The third kappa shape index (κ3) is 7.84. The molecule has 6 nitrogen and oxygen atoms in total. The van der Waals surface area contributed by atoms with Crippen LogP contribution in [0.4, 0.5) is 24.5 Å². The quantitative estimate of drug-likeness (QED) is 0.577. The van der Waals surface area contributed by atoms with Gasteiger partial charge in [-0.25, -0.2) is 0 Å². The van der Waals surface area contributed by atoms with Gasteiger partial charge in [-0.2, -0.15) is 13.2 Å². The van der Waals surface area contributed by atoms with Crippen LogP contribution in [0.15, 0.2) is 48.5 Å². The molecule has 0 spiro atoms. The Hall–Kier alpha value is -2.91. The van der Waals surface area contributed by atoms with Crippen LogP contribution < -0.4 is 10.6 Å². The van der Waals surface area contributed by atoms with Gasteiger partial charge in [-0.1, -0.05) is 24.3 Å². The lowest BCUT2D eigenvalue weighted by molar-refractivity contribution is -0.148. The van der Waals surface area contributed by atoms with Crippen molar-refractivity contribution in [1.29, 1.82) is 0 Å². The molecule has 0 aliphatic rings. The summed E-state index contributed by atoms with van der Waals surface area (Å²) in [5, 5.41) is 14.1. The number of hydrogen-bond donors (Lipinski definition) is 3. The summed E-state index contributed by atoms with van der Waals surface area (Å²) in [6.07, 6.45) is -4.36. The summed E-state index contributed by atoms with van der Waals surface area (Å²) in [6.45, 7) is -0.270. The van der Waals surface area contributed by atoms with E-state index in [9.17, 15) is 22.8 Å². The fourth-order valence-corrected chi connectivity index (χ4v) is 2.87. The van der Waals surface area contributed by atoms with Crippen molar-refractivity contribution in [2.75, 3.05) is 36.9 Å². The van der Waals surface area contributed by atoms with Gasteiger partial charge in [0.05, 0.1) is 24.3 Å². The predicted molar refractivity (Wildman–Crippen MR) is 108 cm³/mol. The lowest BCUT2D eigenvalue weighted by atomic mass is 10.1.